The van der Waals surface area contributed by atoms with Gasteiger partial charge in [0.25, 0.3) is 0 Å². The summed E-state index contributed by atoms with van der Waals surface area (Å²) in [5.41, 5.74) is 12.7. The molecular formula is C17H23ClN6S. The number of hydrogen-bond acceptors (Lipinski definition) is 7. The smallest absolute Gasteiger partial charge is 0.158 e. The lowest BCUT2D eigenvalue weighted by molar-refractivity contribution is 0.304. The minimum Gasteiger partial charge on any atom is -0.397 e. The van der Waals surface area contributed by atoms with Crippen LogP contribution in [0.25, 0.3) is 0 Å². The van der Waals surface area contributed by atoms with Crippen molar-refractivity contribution in [2.45, 2.75) is 35.2 Å². The van der Waals surface area contributed by atoms with Crippen LogP contribution in [0.4, 0.5) is 17.3 Å². The van der Waals surface area contributed by atoms with Gasteiger partial charge in [0.1, 0.15) is 10.8 Å². The van der Waals surface area contributed by atoms with Crippen LogP contribution < -0.4 is 21.7 Å². The minimum absolute atomic E-state index is 0.190. The van der Waals surface area contributed by atoms with Crippen molar-refractivity contribution in [2.75, 3.05) is 36.5 Å². The number of nitrogens with two attached hydrogens (primary N) is 2. The molecule has 0 amide bonds. The van der Waals surface area contributed by atoms with E-state index in [9.17, 15) is 0 Å². The molecule has 0 bridgehead atoms. The molecule has 3 rings (SSSR count). The topological polar surface area (TPSA) is 93.1 Å². The molecule has 1 aromatic carbocycles. The Hall–Kier alpha value is -1.70. The molecule has 5 N–H and O–H groups in total. The lowest BCUT2D eigenvalue weighted by atomic mass is 9.90. The van der Waals surface area contributed by atoms with E-state index in [1.54, 1.807) is 12.3 Å². The van der Waals surface area contributed by atoms with Crippen LogP contribution in [0, 0.1) is 0 Å². The van der Waals surface area contributed by atoms with Crippen LogP contribution in [-0.2, 0) is 0 Å². The van der Waals surface area contributed by atoms with E-state index in [-0.39, 0.29) is 5.54 Å². The first kappa shape index (κ1) is 18.1. The number of nitrogens with one attached hydrogen (secondary N) is 1. The summed E-state index contributed by atoms with van der Waals surface area (Å²) in [6.07, 6.45) is 3.89. The zero-order chi connectivity index (χ0) is 18.0. The molecule has 0 unspecified atom stereocenters. The van der Waals surface area contributed by atoms with Gasteiger partial charge in [0, 0.05) is 23.5 Å². The molecule has 1 fully saturated rings. The second-order valence-corrected chi connectivity index (χ2v) is 7.89. The number of nitrogen functional groups attached to an aromatic ring is 2. The molecule has 2 heterocycles. The Morgan fingerprint density at radius 2 is 2.00 bits per heavy atom. The van der Waals surface area contributed by atoms with Crippen molar-refractivity contribution < 1.29 is 0 Å². The van der Waals surface area contributed by atoms with Gasteiger partial charge in [-0.2, -0.15) is 0 Å². The van der Waals surface area contributed by atoms with E-state index in [4.69, 9.17) is 23.1 Å². The average Bonchev–Trinajstić information content (AvgIpc) is 2.61. The summed E-state index contributed by atoms with van der Waals surface area (Å²) in [5.74, 6) is 1.22. The van der Waals surface area contributed by atoms with Crippen LogP contribution in [-0.4, -0.2) is 35.6 Å². The van der Waals surface area contributed by atoms with E-state index in [1.807, 2.05) is 19.2 Å². The first-order chi connectivity index (χ1) is 11.9. The number of hydrogen-bond donors (Lipinski definition) is 3. The van der Waals surface area contributed by atoms with Crippen molar-refractivity contribution >= 4 is 40.7 Å². The van der Waals surface area contributed by atoms with E-state index in [2.05, 4.69) is 27.1 Å². The van der Waals surface area contributed by atoms with Gasteiger partial charge in [0.2, 0.25) is 0 Å². The summed E-state index contributed by atoms with van der Waals surface area (Å²) < 4.78 is 0. The lowest BCUT2D eigenvalue weighted by Gasteiger charge is -2.39. The summed E-state index contributed by atoms with van der Waals surface area (Å²) in [7, 11) is 2.01. The Balaban J connectivity index is 1.74. The minimum atomic E-state index is 0.190. The monoisotopic (exact) mass is 378 g/mol. The third kappa shape index (κ3) is 3.94. The summed E-state index contributed by atoms with van der Waals surface area (Å²) in [5, 5.41) is 4.54. The number of benzene rings is 1. The molecule has 1 saturated heterocycles. The molecular weight excluding hydrogens is 356 g/mol. The predicted molar refractivity (Wildman–Crippen MR) is 105 cm³/mol. The largest absolute Gasteiger partial charge is 0.397 e. The fourth-order valence-electron chi connectivity index (χ4n) is 2.80. The molecule has 0 atom stereocenters. The van der Waals surface area contributed by atoms with E-state index in [0.29, 0.717) is 21.6 Å². The number of aromatic nitrogens is 2. The van der Waals surface area contributed by atoms with Crippen LogP contribution in [0.3, 0.4) is 0 Å². The second kappa shape index (κ2) is 7.27. The maximum Gasteiger partial charge on any atom is 0.158 e. The quantitative estimate of drug-likeness (QED) is 0.704. The van der Waals surface area contributed by atoms with Gasteiger partial charge >= 0.3 is 0 Å². The van der Waals surface area contributed by atoms with Crippen LogP contribution in [0.15, 0.2) is 34.3 Å². The van der Waals surface area contributed by atoms with E-state index in [1.165, 1.54) is 11.8 Å². The number of piperidine rings is 1. The fourth-order valence-corrected chi connectivity index (χ4v) is 3.86. The van der Waals surface area contributed by atoms with E-state index in [0.717, 1.165) is 36.6 Å². The Morgan fingerprint density at radius 1 is 1.28 bits per heavy atom. The molecule has 1 aliphatic rings. The third-order valence-corrected chi connectivity index (χ3v) is 6.35. The van der Waals surface area contributed by atoms with Gasteiger partial charge in [-0.25, -0.2) is 9.97 Å². The Morgan fingerprint density at radius 3 is 2.64 bits per heavy atom. The van der Waals surface area contributed by atoms with Crippen LogP contribution in [0.2, 0.25) is 5.02 Å². The lowest BCUT2D eigenvalue weighted by Crippen LogP contribution is -2.50. The highest BCUT2D eigenvalue weighted by Crippen LogP contribution is 2.37. The molecule has 8 heteroatoms. The van der Waals surface area contributed by atoms with Gasteiger partial charge in [0.05, 0.1) is 16.9 Å². The van der Waals surface area contributed by atoms with Gasteiger partial charge in [-0.3, -0.25) is 0 Å². The molecule has 2 aromatic rings. The number of halogens is 1. The number of nitrogens with zero attached hydrogens (tertiary/aromatic N) is 3. The van der Waals surface area contributed by atoms with Gasteiger partial charge in [-0.15, -0.1) is 0 Å². The maximum atomic E-state index is 6.24. The third-order valence-electron chi connectivity index (χ3n) is 4.75. The Kier molecular flexibility index (Phi) is 5.27. The highest BCUT2D eigenvalue weighted by Gasteiger charge is 2.29. The van der Waals surface area contributed by atoms with Gasteiger partial charge in [0.15, 0.2) is 5.82 Å². The molecule has 0 saturated carbocycles. The Bertz CT molecular complexity index is 761. The fraction of sp³-hybridized carbons (Fsp3) is 0.412. The zero-order valence-corrected chi connectivity index (χ0v) is 16.0. The average molecular weight is 379 g/mol. The van der Waals surface area contributed by atoms with Crippen molar-refractivity contribution in [1.29, 1.82) is 0 Å². The number of rotatable bonds is 4. The summed E-state index contributed by atoms with van der Waals surface area (Å²) in [4.78, 5) is 12.1. The second-order valence-electron chi connectivity index (χ2n) is 6.48. The molecule has 6 nitrogen and oxygen atoms in total. The summed E-state index contributed by atoms with van der Waals surface area (Å²) in [6, 6.07) is 5.51. The summed E-state index contributed by atoms with van der Waals surface area (Å²) >= 11 is 7.61. The molecule has 1 aromatic heterocycles. The molecule has 0 aliphatic carbocycles. The van der Waals surface area contributed by atoms with Gasteiger partial charge in [-0.05, 0) is 38.9 Å². The van der Waals surface area contributed by atoms with Crippen molar-refractivity contribution in [3.63, 3.8) is 0 Å². The van der Waals surface area contributed by atoms with Crippen LogP contribution >= 0.6 is 23.4 Å². The highest BCUT2D eigenvalue weighted by molar-refractivity contribution is 7.99. The standard InChI is InChI=1S/C17H23ClN6S/c1-17(21-2)6-8-24(9-7-17)13-10-22-16(15(20)23-13)25-12-5-3-4-11(19)14(12)18/h3-5,10,21H,6-9,19H2,1-2H3,(H2,20,23). The Labute approximate surface area is 157 Å². The van der Waals surface area contributed by atoms with E-state index >= 15 is 0 Å². The van der Waals surface area contributed by atoms with Crippen molar-refractivity contribution in [1.82, 2.24) is 15.3 Å². The summed E-state index contributed by atoms with van der Waals surface area (Å²) in [6.45, 7) is 4.11. The number of anilines is 3. The van der Waals surface area contributed by atoms with Gasteiger partial charge < -0.3 is 21.7 Å². The normalized spacial score (nSPS) is 16.8. The molecule has 0 radical (unpaired) electrons. The molecule has 0 spiro atoms. The van der Waals surface area contributed by atoms with Crippen molar-refractivity contribution in [3.05, 3.63) is 29.4 Å². The van der Waals surface area contributed by atoms with Crippen molar-refractivity contribution in [2.24, 2.45) is 0 Å². The van der Waals surface area contributed by atoms with Crippen LogP contribution in [0.1, 0.15) is 19.8 Å². The van der Waals surface area contributed by atoms with Gasteiger partial charge in [-0.1, -0.05) is 29.4 Å². The molecule has 25 heavy (non-hydrogen) atoms. The first-order valence-electron chi connectivity index (χ1n) is 8.20. The SMILES string of the molecule is CNC1(C)CCN(c2cnc(Sc3cccc(N)c3Cl)c(N)n2)CC1. The van der Waals surface area contributed by atoms with Crippen LogP contribution in [0.5, 0.6) is 0 Å². The molecule has 134 valence electrons. The zero-order valence-electron chi connectivity index (χ0n) is 14.4. The van der Waals surface area contributed by atoms with Crippen molar-refractivity contribution in [3.8, 4) is 0 Å². The van der Waals surface area contributed by atoms with E-state index < -0.39 is 0 Å². The highest BCUT2D eigenvalue weighted by atomic mass is 35.5. The predicted octanol–water partition coefficient (Wildman–Crippen LogP) is 3.02. The molecule has 1 aliphatic heterocycles. The first-order valence-corrected chi connectivity index (χ1v) is 9.39. The maximum absolute atomic E-state index is 6.24.